The molecule has 0 unspecified atom stereocenters. The van der Waals surface area contributed by atoms with Gasteiger partial charge in [0.1, 0.15) is 5.54 Å². The Hall–Kier alpha value is -2.62. The molecular formula is C18H24F2N2O6. The van der Waals surface area contributed by atoms with E-state index in [1.165, 1.54) is 19.2 Å². The predicted molar refractivity (Wildman–Crippen MR) is 96.0 cm³/mol. The van der Waals surface area contributed by atoms with E-state index in [4.69, 9.17) is 9.47 Å². The predicted octanol–water partition coefficient (Wildman–Crippen LogP) is 3.08. The molecule has 0 radical (unpaired) electrons. The van der Waals surface area contributed by atoms with E-state index in [0.29, 0.717) is 6.61 Å². The Morgan fingerprint density at radius 2 is 2.00 bits per heavy atom. The molecule has 2 rings (SSSR count). The van der Waals surface area contributed by atoms with Gasteiger partial charge in [0.15, 0.2) is 11.5 Å². The molecule has 1 aliphatic carbocycles. The Balaban J connectivity index is 2.15. The van der Waals surface area contributed by atoms with Crippen molar-refractivity contribution in [3.05, 3.63) is 18.2 Å². The van der Waals surface area contributed by atoms with E-state index in [1.807, 2.05) is 0 Å². The van der Waals surface area contributed by atoms with Crippen LogP contribution in [0.25, 0.3) is 0 Å². The summed E-state index contributed by atoms with van der Waals surface area (Å²) in [6, 6.07) is 3.13. The molecule has 0 heterocycles. The number of carbonyl (C=O) groups is 2. The van der Waals surface area contributed by atoms with Gasteiger partial charge in [0, 0.05) is 30.2 Å². The molecule has 2 amide bonds. The van der Waals surface area contributed by atoms with E-state index in [1.54, 1.807) is 20.8 Å². The molecule has 0 aliphatic heterocycles. The minimum absolute atomic E-state index is 0.0629. The van der Waals surface area contributed by atoms with Crippen molar-refractivity contribution in [1.29, 1.82) is 0 Å². The SMILES string of the molecule is CCO[C@@H]1C[C@@](NC(=O)Nc2ccc(OC)c(OC(F)F)c2)(C(=O)O)C1(C)C. The largest absolute Gasteiger partial charge is 0.493 e. The fraction of sp³-hybridized carbons (Fsp3) is 0.556. The number of alkyl halides is 2. The standard InChI is InChI=1S/C18H24F2N2O6/c1-5-27-13-9-18(14(23)24,17(13,2)3)22-16(25)21-10-6-7-11(26-4)12(8-10)28-15(19)20/h6-8,13,15H,5,9H2,1-4H3,(H,23,24)(H2,21,22,25)/t13-,18-/m1/s1. The van der Waals surface area contributed by atoms with Crippen LogP contribution in [0.15, 0.2) is 18.2 Å². The highest BCUT2D eigenvalue weighted by Crippen LogP contribution is 2.51. The van der Waals surface area contributed by atoms with Crippen LogP contribution in [-0.2, 0) is 9.53 Å². The third-order valence-corrected chi connectivity index (χ3v) is 5.09. The van der Waals surface area contributed by atoms with Crippen LogP contribution in [0.4, 0.5) is 19.3 Å². The third-order valence-electron chi connectivity index (χ3n) is 5.09. The average molecular weight is 402 g/mol. The first-order chi connectivity index (χ1) is 13.1. The molecule has 1 saturated carbocycles. The summed E-state index contributed by atoms with van der Waals surface area (Å²) < 4.78 is 39.9. The molecule has 1 aliphatic rings. The summed E-state index contributed by atoms with van der Waals surface area (Å²) >= 11 is 0. The van der Waals surface area contributed by atoms with Gasteiger partial charge in [0.25, 0.3) is 0 Å². The summed E-state index contributed by atoms with van der Waals surface area (Å²) in [7, 11) is 1.29. The first-order valence-corrected chi connectivity index (χ1v) is 8.64. The highest BCUT2D eigenvalue weighted by molar-refractivity contribution is 5.95. The molecule has 0 spiro atoms. The van der Waals surface area contributed by atoms with E-state index in [0.717, 1.165) is 6.07 Å². The third kappa shape index (κ3) is 3.96. The topological polar surface area (TPSA) is 106 Å². The number of carboxylic acid groups (broad SMARTS) is 1. The lowest BCUT2D eigenvalue weighted by Crippen LogP contribution is -2.76. The highest BCUT2D eigenvalue weighted by atomic mass is 19.3. The van der Waals surface area contributed by atoms with Crippen LogP contribution in [0.1, 0.15) is 27.2 Å². The monoisotopic (exact) mass is 402 g/mol. The molecule has 0 aromatic heterocycles. The molecule has 8 nitrogen and oxygen atoms in total. The normalized spacial score (nSPS) is 22.9. The zero-order chi connectivity index (χ0) is 21.1. The van der Waals surface area contributed by atoms with Crippen molar-refractivity contribution in [3.8, 4) is 11.5 Å². The lowest BCUT2D eigenvalue weighted by Gasteiger charge is -2.58. The molecule has 2 atom stereocenters. The molecule has 156 valence electrons. The van der Waals surface area contributed by atoms with Crippen molar-refractivity contribution < 1.29 is 37.7 Å². The molecule has 1 aromatic rings. The van der Waals surface area contributed by atoms with Crippen molar-refractivity contribution in [2.45, 2.75) is 45.4 Å². The lowest BCUT2D eigenvalue weighted by molar-refractivity contribution is -0.190. The molecule has 1 aromatic carbocycles. The van der Waals surface area contributed by atoms with Crippen LogP contribution in [0.3, 0.4) is 0 Å². The number of hydrogen-bond acceptors (Lipinski definition) is 5. The summed E-state index contributed by atoms with van der Waals surface area (Å²) in [5.41, 5.74) is -2.24. The van der Waals surface area contributed by atoms with Crippen LogP contribution in [0.5, 0.6) is 11.5 Å². The smallest absolute Gasteiger partial charge is 0.387 e. The van der Waals surface area contributed by atoms with Crippen LogP contribution in [0, 0.1) is 5.41 Å². The Morgan fingerprint density at radius 3 is 2.50 bits per heavy atom. The van der Waals surface area contributed by atoms with Crippen LogP contribution in [0.2, 0.25) is 0 Å². The van der Waals surface area contributed by atoms with Crippen LogP contribution >= 0.6 is 0 Å². The number of anilines is 1. The maximum absolute atomic E-state index is 12.5. The van der Waals surface area contributed by atoms with Crippen molar-refractivity contribution >= 4 is 17.7 Å². The van der Waals surface area contributed by atoms with Gasteiger partial charge in [-0.05, 0) is 19.1 Å². The number of benzene rings is 1. The van der Waals surface area contributed by atoms with Gasteiger partial charge in [-0.15, -0.1) is 0 Å². The molecule has 1 fully saturated rings. The second-order valence-corrected chi connectivity index (χ2v) is 6.90. The maximum Gasteiger partial charge on any atom is 0.387 e. The van der Waals surface area contributed by atoms with Gasteiger partial charge in [-0.25, -0.2) is 9.59 Å². The maximum atomic E-state index is 12.5. The van der Waals surface area contributed by atoms with E-state index < -0.39 is 29.6 Å². The minimum atomic E-state index is -3.07. The summed E-state index contributed by atoms with van der Waals surface area (Å²) in [5.74, 6) is -1.38. The molecule has 0 bridgehead atoms. The number of carboxylic acids is 1. The van der Waals surface area contributed by atoms with E-state index in [9.17, 15) is 23.5 Å². The number of rotatable bonds is 8. The number of methoxy groups -OCH3 is 1. The number of carbonyl (C=O) groups excluding carboxylic acids is 1. The number of urea groups is 1. The molecular weight excluding hydrogens is 378 g/mol. The lowest BCUT2D eigenvalue weighted by atomic mass is 9.54. The molecule has 10 heteroatoms. The highest BCUT2D eigenvalue weighted by Gasteiger charge is 2.66. The number of amides is 2. The zero-order valence-electron chi connectivity index (χ0n) is 16.0. The number of nitrogens with one attached hydrogen (secondary N) is 2. The second kappa shape index (κ2) is 8.17. The summed E-state index contributed by atoms with van der Waals surface area (Å²) in [5, 5.41) is 14.6. The first-order valence-electron chi connectivity index (χ1n) is 8.64. The Labute approximate surface area is 161 Å². The Bertz CT molecular complexity index is 743. The van der Waals surface area contributed by atoms with Crippen molar-refractivity contribution in [2.24, 2.45) is 5.41 Å². The minimum Gasteiger partial charge on any atom is -0.493 e. The Kier molecular flexibility index (Phi) is 6.33. The fourth-order valence-corrected chi connectivity index (χ4v) is 3.34. The van der Waals surface area contributed by atoms with E-state index in [2.05, 4.69) is 15.4 Å². The summed E-state index contributed by atoms with van der Waals surface area (Å²) in [6.45, 7) is 2.56. The first kappa shape index (κ1) is 21.7. The fourth-order valence-electron chi connectivity index (χ4n) is 3.34. The Morgan fingerprint density at radius 1 is 1.32 bits per heavy atom. The number of ether oxygens (including phenoxy) is 3. The zero-order valence-corrected chi connectivity index (χ0v) is 16.0. The van der Waals surface area contributed by atoms with E-state index >= 15 is 0 Å². The van der Waals surface area contributed by atoms with Gasteiger partial charge >= 0.3 is 18.6 Å². The van der Waals surface area contributed by atoms with Crippen LogP contribution < -0.4 is 20.1 Å². The van der Waals surface area contributed by atoms with Crippen LogP contribution in [-0.4, -0.2) is 49.1 Å². The molecule has 0 saturated heterocycles. The number of aliphatic carboxylic acids is 1. The number of hydrogen-bond donors (Lipinski definition) is 3. The van der Waals surface area contributed by atoms with E-state index in [-0.39, 0.29) is 29.7 Å². The second-order valence-electron chi connectivity index (χ2n) is 6.90. The molecule has 28 heavy (non-hydrogen) atoms. The van der Waals surface area contributed by atoms with Crippen molar-refractivity contribution in [1.82, 2.24) is 5.32 Å². The summed E-state index contributed by atoms with van der Waals surface area (Å²) in [4.78, 5) is 24.3. The van der Waals surface area contributed by atoms with Crippen molar-refractivity contribution in [3.63, 3.8) is 0 Å². The van der Waals surface area contributed by atoms with Gasteiger partial charge < -0.3 is 30.0 Å². The number of halogens is 2. The quantitative estimate of drug-likeness (QED) is 0.617. The van der Waals surface area contributed by atoms with Gasteiger partial charge in [-0.3, -0.25) is 0 Å². The van der Waals surface area contributed by atoms with Crippen molar-refractivity contribution in [2.75, 3.05) is 19.0 Å². The van der Waals surface area contributed by atoms with Gasteiger partial charge in [0.05, 0.1) is 13.2 Å². The van der Waals surface area contributed by atoms with Gasteiger partial charge in [-0.1, -0.05) is 13.8 Å². The average Bonchev–Trinajstić information content (AvgIpc) is 2.60. The molecule has 3 N–H and O–H groups in total. The summed E-state index contributed by atoms with van der Waals surface area (Å²) in [6.07, 6.45) is -0.209. The van der Waals surface area contributed by atoms with Gasteiger partial charge in [-0.2, -0.15) is 8.78 Å². The van der Waals surface area contributed by atoms with Gasteiger partial charge in [0.2, 0.25) is 0 Å².